The number of anilines is 2. The molecule has 1 saturated heterocycles. The SMILES string of the molecule is COCCCNC(=O)CSc1nc(Cl)cc(N2CCN(c3ccccc3C)CC2)n1. The molecule has 0 unspecified atom stereocenters. The molecule has 9 heteroatoms. The Morgan fingerprint density at radius 2 is 1.93 bits per heavy atom. The number of amides is 1. The van der Waals surface area contributed by atoms with Crippen molar-refractivity contribution in [2.45, 2.75) is 18.5 Å². The van der Waals surface area contributed by atoms with Crippen LogP contribution in [0.15, 0.2) is 35.5 Å². The van der Waals surface area contributed by atoms with Gasteiger partial charge in [-0.3, -0.25) is 4.79 Å². The summed E-state index contributed by atoms with van der Waals surface area (Å²) in [5.41, 5.74) is 2.57. The highest BCUT2D eigenvalue weighted by molar-refractivity contribution is 7.99. The number of para-hydroxylation sites is 1. The van der Waals surface area contributed by atoms with Crippen LogP contribution in [0.5, 0.6) is 0 Å². The topological polar surface area (TPSA) is 70.6 Å². The van der Waals surface area contributed by atoms with Crippen LogP contribution >= 0.6 is 23.4 Å². The molecule has 0 radical (unpaired) electrons. The first-order chi connectivity index (χ1) is 14.6. The first-order valence-electron chi connectivity index (χ1n) is 10.1. The van der Waals surface area contributed by atoms with Crippen molar-refractivity contribution >= 4 is 40.8 Å². The fourth-order valence-corrected chi connectivity index (χ4v) is 4.24. The van der Waals surface area contributed by atoms with E-state index in [2.05, 4.69) is 56.3 Å². The average molecular weight is 450 g/mol. The average Bonchev–Trinajstić information content (AvgIpc) is 2.75. The predicted molar refractivity (Wildman–Crippen MR) is 123 cm³/mol. The number of halogens is 1. The zero-order valence-electron chi connectivity index (χ0n) is 17.4. The van der Waals surface area contributed by atoms with Crippen LogP contribution in [0.1, 0.15) is 12.0 Å². The number of piperazine rings is 1. The zero-order chi connectivity index (χ0) is 21.3. The Labute approximate surface area is 187 Å². The highest BCUT2D eigenvalue weighted by atomic mass is 35.5. The number of nitrogens with zero attached hydrogens (tertiary/aromatic N) is 4. The van der Waals surface area contributed by atoms with Crippen LogP contribution in [-0.4, -0.2) is 68.1 Å². The van der Waals surface area contributed by atoms with E-state index in [1.807, 2.05) is 0 Å². The third-order valence-corrected chi connectivity index (χ3v) is 5.94. The Bertz CT molecular complexity index is 846. The van der Waals surface area contributed by atoms with Gasteiger partial charge < -0.3 is 19.9 Å². The lowest BCUT2D eigenvalue weighted by Gasteiger charge is -2.37. The highest BCUT2D eigenvalue weighted by Gasteiger charge is 2.20. The first kappa shape index (κ1) is 22.7. The molecule has 0 saturated carbocycles. The molecule has 7 nitrogen and oxygen atoms in total. The smallest absolute Gasteiger partial charge is 0.230 e. The maximum Gasteiger partial charge on any atom is 0.230 e. The third kappa shape index (κ3) is 6.48. The van der Waals surface area contributed by atoms with Crippen LogP contribution in [0.4, 0.5) is 11.5 Å². The minimum Gasteiger partial charge on any atom is -0.385 e. The molecule has 1 fully saturated rings. The second-order valence-electron chi connectivity index (χ2n) is 7.08. The minimum atomic E-state index is -0.0481. The van der Waals surface area contributed by atoms with E-state index in [9.17, 15) is 4.79 Å². The van der Waals surface area contributed by atoms with Gasteiger partial charge in [0.2, 0.25) is 5.91 Å². The van der Waals surface area contributed by atoms with Crippen LogP contribution in [0.2, 0.25) is 5.15 Å². The summed E-state index contributed by atoms with van der Waals surface area (Å²) in [4.78, 5) is 25.5. The Morgan fingerprint density at radius 3 is 2.67 bits per heavy atom. The standard InChI is InChI=1S/C21H28ClN5O2S/c1-16-6-3-4-7-17(16)26-9-11-27(12-10-26)19-14-18(22)24-21(25-19)30-15-20(28)23-8-5-13-29-2/h3-4,6-7,14H,5,8-13,15H2,1-2H3,(H,23,28). The quantitative estimate of drug-likeness (QED) is 0.273. The molecule has 1 aliphatic heterocycles. The molecule has 1 aromatic heterocycles. The zero-order valence-corrected chi connectivity index (χ0v) is 19.0. The van der Waals surface area contributed by atoms with Crippen molar-refractivity contribution in [1.29, 1.82) is 0 Å². The lowest BCUT2D eigenvalue weighted by molar-refractivity contribution is -0.118. The Balaban J connectivity index is 1.54. The van der Waals surface area contributed by atoms with Crippen LogP contribution < -0.4 is 15.1 Å². The van der Waals surface area contributed by atoms with Gasteiger partial charge in [-0.1, -0.05) is 41.6 Å². The molecule has 1 N–H and O–H groups in total. The van der Waals surface area contributed by atoms with Gasteiger partial charge in [-0.2, -0.15) is 0 Å². The molecule has 1 aliphatic rings. The van der Waals surface area contributed by atoms with Gasteiger partial charge in [0.15, 0.2) is 5.16 Å². The monoisotopic (exact) mass is 449 g/mol. The number of benzene rings is 1. The van der Waals surface area contributed by atoms with Crippen LogP contribution in [-0.2, 0) is 9.53 Å². The molecular weight excluding hydrogens is 422 g/mol. The summed E-state index contributed by atoms with van der Waals surface area (Å²) in [6.45, 7) is 6.91. The molecule has 2 heterocycles. The molecule has 30 heavy (non-hydrogen) atoms. The maximum atomic E-state index is 12.0. The predicted octanol–water partition coefficient (Wildman–Crippen LogP) is 3.01. The molecule has 1 amide bonds. The molecule has 162 valence electrons. The summed E-state index contributed by atoms with van der Waals surface area (Å²) in [7, 11) is 1.65. The van der Waals surface area contributed by atoms with E-state index in [0.717, 1.165) is 38.4 Å². The van der Waals surface area contributed by atoms with Gasteiger partial charge in [-0.05, 0) is 25.0 Å². The number of hydrogen-bond donors (Lipinski definition) is 1. The lowest BCUT2D eigenvalue weighted by Crippen LogP contribution is -2.47. The normalized spacial score (nSPS) is 14.1. The minimum absolute atomic E-state index is 0.0481. The van der Waals surface area contributed by atoms with Gasteiger partial charge in [0.1, 0.15) is 11.0 Å². The fraction of sp³-hybridized carbons (Fsp3) is 0.476. The van der Waals surface area contributed by atoms with Gasteiger partial charge >= 0.3 is 0 Å². The van der Waals surface area contributed by atoms with E-state index in [0.29, 0.717) is 23.5 Å². The van der Waals surface area contributed by atoms with E-state index >= 15 is 0 Å². The van der Waals surface area contributed by atoms with Crippen molar-refractivity contribution in [3.63, 3.8) is 0 Å². The third-order valence-electron chi connectivity index (χ3n) is 4.90. The number of methoxy groups -OCH3 is 1. The molecule has 3 rings (SSSR count). The molecule has 2 aromatic rings. The van der Waals surface area contributed by atoms with E-state index < -0.39 is 0 Å². The van der Waals surface area contributed by atoms with Crippen molar-refractivity contribution < 1.29 is 9.53 Å². The van der Waals surface area contributed by atoms with Crippen LogP contribution in [0.25, 0.3) is 0 Å². The van der Waals surface area contributed by atoms with Crippen molar-refractivity contribution in [1.82, 2.24) is 15.3 Å². The number of hydrogen-bond acceptors (Lipinski definition) is 7. The summed E-state index contributed by atoms with van der Waals surface area (Å²) < 4.78 is 4.98. The Hall–Kier alpha value is -2.03. The summed E-state index contributed by atoms with van der Waals surface area (Å²) in [6, 6.07) is 10.2. The summed E-state index contributed by atoms with van der Waals surface area (Å²) >= 11 is 7.53. The van der Waals surface area contributed by atoms with E-state index in [-0.39, 0.29) is 11.7 Å². The number of thioether (sulfide) groups is 1. The number of carbonyl (C=O) groups excluding carboxylic acids is 1. The molecular formula is C21H28ClN5O2S. The number of nitrogens with one attached hydrogen (secondary N) is 1. The fourth-order valence-electron chi connectivity index (χ4n) is 3.33. The van der Waals surface area contributed by atoms with Crippen molar-refractivity contribution in [3.8, 4) is 0 Å². The van der Waals surface area contributed by atoms with Gasteiger partial charge in [0.05, 0.1) is 5.75 Å². The maximum absolute atomic E-state index is 12.0. The van der Waals surface area contributed by atoms with E-state index in [1.165, 1.54) is 23.0 Å². The Kier molecular flexibility index (Phi) is 8.60. The van der Waals surface area contributed by atoms with Crippen LogP contribution in [0.3, 0.4) is 0 Å². The van der Waals surface area contributed by atoms with E-state index in [4.69, 9.17) is 16.3 Å². The van der Waals surface area contributed by atoms with Crippen molar-refractivity contribution in [2.75, 3.05) is 62.0 Å². The van der Waals surface area contributed by atoms with E-state index in [1.54, 1.807) is 13.2 Å². The van der Waals surface area contributed by atoms with Crippen LogP contribution in [0, 0.1) is 6.92 Å². The molecule has 0 aliphatic carbocycles. The van der Waals surface area contributed by atoms with Crippen molar-refractivity contribution in [2.24, 2.45) is 0 Å². The second-order valence-corrected chi connectivity index (χ2v) is 8.41. The van der Waals surface area contributed by atoms with Gasteiger partial charge in [-0.15, -0.1) is 0 Å². The summed E-state index contributed by atoms with van der Waals surface area (Å²) in [6.07, 6.45) is 0.791. The van der Waals surface area contributed by atoms with Gasteiger partial charge in [-0.25, -0.2) is 9.97 Å². The highest BCUT2D eigenvalue weighted by Crippen LogP contribution is 2.25. The number of aryl methyl sites for hydroxylation is 1. The number of aromatic nitrogens is 2. The molecule has 0 bridgehead atoms. The lowest BCUT2D eigenvalue weighted by atomic mass is 10.1. The number of rotatable bonds is 9. The van der Waals surface area contributed by atoms with Gasteiger partial charge in [0.25, 0.3) is 0 Å². The first-order valence-corrected chi connectivity index (χ1v) is 11.4. The molecule has 0 spiro atoms. The summed E-state index contributed by atoms with van der Waals surface area (Å²) in [5.74, 6) is 1.02. The largest absolute Gasteiger partial charge is 0.385 e. The molecule has 0 atom stereocenters. The summed E-state index contributed by atoms with van der Waals surface area (Å²) in [5, 5.41) is 3.77. The molecule has 1 aromatic carbocycles. The number of ether oxygens (including phenoxy) is 1. The van der Waals surface area contributed by atoms with Gasteiger partial charge in [0, 0.05) is 58.2 Å². The number of carbonyl (C=O) groups is 1. The second kappa shape index (κ2) is 11.4. The Morgan fingerprint density at radius 1 is 1.20 bits per heavy atom. The van der Waals surface area contributed by atoms with Crippen molar-refractivity contribution in [3.05, 3.63) is 41.0 Å².